The number of aromatic nitrogens is 1. The number of hydrogen-bond donors (Lipinski definition) is 0. The van der Waals surface area contributed by atoms with E-state index in [-0.39, 0.29) is 11.8 Å². The molecule has 42 heavy (non-hydrogen) atoms. The molecule has 0 radical (unpaired) electrons. The average molecular weight is 720 g/mol. The largest absolute Gasteiger partial charge is 0.343 e. The molecule has 0 N–H and O–H groups in total. The first-order chi connectivity index (χ1) is 20.4. The number of hydrogen-bond acceptors (Lipinski definition) is 3. The molecular formula is C34H42Br2ClN3O2. The van der Waals surface area contributed by atoms with Crippen LogP contribution in [0.4, 0.5) is 0 Å². The van der Waals surface area contributed by atoms with Crippen LogP contribution >= 0.6 is 43.5 Å². The molecule has 2 aliphatic heterocycles. The van der Waals surface area contributed by atoms with Gasteiger partial charge in [-0.15, -0.1) is 0 Å². The molecule has 3 fully saturated rings. The highest BCUT2D eigenvalue weighted by molar-refractivity contribution is 9.10. The number of benzene rings is 1. The molecule has 1 saturated carbocycles. The molecule has 226 valence electrons. The number of piperidine rings is 2. The van der Waals surface area contributed by atoms with E-state index in [1.807, 2.05) is 12.3 Å². The summed E-state index contributed by atoms with van der Waals surface area (Å²) in [7, 11) is 0. The summed E-state index contributed by atoms with van der Waals surface area (Å²) in [4.78, 5) is 35.4. The lowest BCUT2D eigenvalue weighted by Gasteiger charge is -2.38. The minimum Gasteiger partial charge on any atom is -0.343 e. The van der Waals surface area contributed by atoms with Gasteiger partial charge < -0.3 is 9.80 Å². The van der Waals surface area contributed by atoms with Gasteiger partial charge in [0.05, 0.1) is 5.69 Å². The van der Waals surface area contributed by atoms with Crippen molar-refractivity contribution < 1.29 is 9.59 Å². The van der Waals surface area contributed by atoms with Gasteiger partial charge in [-0.3, -0.25) is 14.6 Å². The second-order valence-electron chi connectivity index (χ2n) is 13.1. The van der Waals surface area contributed by atoms with E-state index in [0.717, 1.165) is 85.1 Å². The van der Waals surface area contributed by atoms with Crippen molar-refractivity contribution in [1.29, 1.82) is 0 Å². The van der Waals surface area contributed by atoms with Gasteiger partial charge in [-0.25, -0.2) is 0 Å². The summed E-state index contributed by atoms with van der Waals surface area (Å²) in [5.41, 5.74) is 5.10. The monoisotopic (exact) mass is 717 g/mol. The van der Waals surface area contributed by atoms with Crippen LogP contribution in [0.5, 0.6) is 0 Å². The number of rotatable bonds is 5. The first kappa shape index (κ1) is 30.6. The lowest BCUT2D eigenvalue weighted by atomic mass is 9.76. The minimum absolute atomic E-state index is 0.185. The molecule has 1 atom stereocenters. The molecule has 0 spiro atoms. The smallest absolute Gasteiger partial charge is 0.222 e. The van der Waals surface area contributed by atoms with Crippen LogP contribution in [0, 0.1) is 17.8 Å². The summed E-state index contributed by atoms with van der Waals surface area (Å²) in [5.74, 6) is 2.20. The third-order valence-electron chi connectivity index (χ3n) is 10.4. The van der Waals surface area contributed by atoms with E-state index in [0.29, 0.717) is 30.1 Å². The Morgan fingerprint density at radius 1 is 0.786 bits per heavy atom. The molecule has 0 bridgehead atoms. The molecule has 2 aromatic rings. The van der Waals surface area contributed by atoms with E-state index in [1.165, 1.54) is 54.5 Å². The standard InChI is InChI=1S/C34H42Br2ClN3O2/c35-27-18-26-7-6-25-19-28(37)20-29(36)32(25)33(34(26)38-21-27)24-10-14-40(15-11-24)31(42)17-23-8-12-39(13-9-23)30(41)16-22-4-2-1-3-5-22/h18-24,33H,1-17H2/t33-/m1/s1. The molecule has 2 amide bonds. The number of amides is 2. The molecule has 0 unspecified atom stereocenters. The number of carbonyl (C=O) groups excluding carboxylic acids is 2. The Morgan fingerprint density at radius 2 is 1.38 bits per heavy atom. The lowest BCUT2D eigenvalue weighted by Crippen LogP contribution is -2.43. The molecule has 2 saturated heterocycles. The Balaban J connectivity index is 1.06. The van der Waals surface area contributed by atoms with Gasteiger partial charge in [0.1, 0.15) is 0 Å². The Kier molecular flexibility index (Phi) is 9.96. The first-order valence-corrected chi connectivity index (χ1v) is 18.0. The fraction of sp³-hybridized carbons (Fsp3) is 0.618. The number of halogens is 3. The van der Waals surface area contributed by atoms with Crippen LogP contribution in [0.3, 0.4) is 0 Å². The van der Waals surface area contributed by atoms with E-state index < -0.39 is 0 Å². The average Bonchev–Trinajstić information content (AvgIpc) is 3.15. The Hall–Kier alpha value is -1.44. The summed E-state index contributed by atoms with van der Waals surface area (Å²) in [6.45, 7) is 3.22. The van der Waals surface area contributed by atoms with Gasteiger partial charge in [0, 0.05) is 65.1 Å². The molecule has 2 aliphatic carbocycles. The molecule has 3 heterocycles. The third-order valence-corrected chi connectivity index (χ3v) is 11.7. The minimum atomic E-state index is 0.185. The van der Waals surface area contributed by atoms with Crippen LogP contribution in [0.15, 0.2) is 33.3 Å². The van der Waals surface area contributed by atoms with Crippen molar-refractivity contribution in [2.45, 2.75) is 89.4 Å². The molecule has 1 aromatic carbocycles. The number of pyridine rings is 1. The van der Waals surface area contributed by atoms with Gasteiger partial charge in [0.15, 0.2) is 0 Å². The highest BCUT2D eigenvalue weighted by atomic mass is 79.9. The first-order valence-electron chi connectivity index (χ1n) is 16.0. The molecular weight excluding hydrogens is 678 g/mol. The lowest BCUT2D eigenvalue weighted by molar-refractivity contribution is -0.135. The molecule has 6 rings (SSSR count). The van der Waals surface area contributed by atoms with Crippen LogP contribution in [-0.2, 0) is 22.4 Å². The maximum Gasteiger partial charge on any atom is 0.222 e. The zero-order chi connectivity index (χ0) is 29.2. The molecule has 4 aliphatic rings. The van der Waals surface area contributed by atoms with E-state index in [1.54, 1.807) is 0 Å². The van der Waals surface area contributed by atoms with E-state index in [4.69, 9.17) is 16.6 Å². The molecule has 8 heteroatoms. The normalized spacial score (nSPS) is 22.4. The van der Waals surface area contributed by atoms with Gasteiger partial charge in [-0.2, -0.15) is 0 Å². The van der Waals surface area contributed by atoms with Crippen molar-refractivity contribution in [2.75, 3.05) is 26.2 Å². The van der Waals surface area contributed by atoms with Gasteiger partial charge in [0.2, 0.25) is 11.8 Å². The van der Waals surface area contributed by atoms with Crippen molar-refractivity contribution in [3.63, 3.8) is 0 Å². The Labute approximate surface area is 272 Å². The summed E-state index contributed by atoms with van der Waals surface area (Å²) in [5, 5.41) is 0.763. The zero-order valence-electron chi connectivity index (χ0n) is 24.4. The van der Waals surface area contributed by atoms with Crippen LogP contribution < -0.4 is 0 Å². The van der Waals surface area contributed by atoms with E-state index in [2.05, 4.69) is 53.8 Å². The molecule has 5 nitrogen and oxygen atoms in total. The van der Waals surface area contributed by atoms with E-state index in [9.17, 15) is 9.59 Å². The number of nitrogens with zero attached hydrogens (tertiary/aromatic N) is 3. The maximum atomic E-state index is 13.4. The third kappa shape index (κ3) is 6.94. The predicted molar refractivity (Wildman–Crippen MR) is 175 cm³/mol. The van der Waals surface area contributed by atoms with Gasteiger partial charge in [0.25, 0.3) is 0 Å². The number of likely N-dealkylation sites (tertiary alicyclic amines) is 2. The predicted octanol–water partition coefficient (Wildman–Crippen LogP) is 8.33. The van der Waals surface area contributed by atoms with Crippen molar-refractivity contribution >= 4 is 55.3 Å². The number of aryl methyl sites for hydroxylation is 2. The van der Waals surface area contributed by atoms with Crippen LogP contribution in [-0.4, -0.2) is 52.8 Å². The Bertz CT molecular complexity index is 1300. The van der Waals surface area contributed by atoms with Gasteiger partial charge >= 0.3 is 0 Å². The highest BCUT2D eigenvalue weighted by Crippen LogP contribution is 2.46. The SMILES string of the molecule is O=C(CC1CCCCC1)N1CCC(CC(=O)N2CCC([C@H]3c4ncc(Br)cc4CCc4cc(Cl)cc(Br)c43)CC2)CC1. The molecule has 1 aromatic heterocycles. The van der Waals surface area contributed by atoms with Crippen molar-refractivity contribution in [2.24, 2.45) is 17.8 Å². The zero-order valence-corrected chi connectivity index (χ0v) is 28.4. The quantitative estimate of drug-likeness (QED) is 0.313. The van der Waals surface area contributed by atoms with Crippen molar-refractivity contribution in [1.82, 2.24) is 14.8 Å². The Morgan fingerprint density at radius 3 is 2.05 bits per heavy atom. The van der Waals surface area contributed by atoms with Crippen molar-refractivity contribution in [3.8, 4) is 0 Å². The fourth-order valence-electron chi connectivity index (χ4n) is 8.04. The second kappa shape index (κ2) is 13.7. The van der Waals surface area contributed by atoms with Gasteiger partial charge in [-0.05, 0) is 120 Å². The van der Waals surface area contributed by atoms with Crippen LogP contribution in [0.25, 0.3) is 0 Å². The second-order valence-corrected chi connectivity index (χ2v) is 15.3. The van der Waals surface area contributed by atoms with Gasteiger partial charge in [-0.1, -0.05) is 46.8 Å². The fourth-order valence-corrected chi connectivity index (χ4v) is 9.54. The maximum absolute atomic E-state index is 13.4. The topological polar surface area (TPSA) is 53.5 Å². The number of fused-ring (bicyclic) bond motifs is 2. The van der Waals surface area contributed by atoms with Crippen LogP contribution in [0.1, 0.15) is 98.9 Å². The summed E-state index contributed by atoms with van der Waals surface area (Å²) < 4.78 is 2.08. The van der Waals surface area contributed by atoms with Crippen LogP contribution in [0.2, 0.25) is 5.02 Å². The summed E-state index contributed by atoms with van der Waals surface area (Å²) >= 11 is 14.0. The van der Waals surface area contributed by atoms with E-state index >= 15 is 0 Å². The number of carbonyl (C=O) groups is 2. The highest BCUT2D eigenvalue weighted by Gasteiger charge is 2.37. The van der Waals surface area contributed by atoms with Crippen molar-refractivity contribution in [3.05, 3.63) is 60.7 Å². The summed E-state index contributed by atoms with van der Waals surface area (Å²) in [6, 6.07) is 6.37. The summed E-state index contributed by atoms with van der Waals surface area (Å²) in [6.07, 6.45) is 15.3.